The lowest BCUT2D eigenvalue weighted by Crippen LogP contribution is -2.41. The van der Waals surface area contributed by atoms with Crippen molar-refractivity contribution in [1.82, 2.24) is 5.32 Å². The van der Waals surface area contributed by atoms with Gasteiger partial charge < -0.3 is 10.1 Å². The van der Waals surface area contributed by atoms with Gasteiger partial charge in [0.25, 0.3) is 0 Å². The summed E-state index contributed by atoms with van der Waals surface area (Å²) in [6, 6.07) is -0.0487. The second-order valence-corrected chi connectivity index (χ2v) is 5.05. The normalized spacial score (nSPS) is 22.1. The van der Waals surface area contributed by atoms with Crippen LogP contribution in [0.25, 0.3) is 0 Å². The fraction of sp³-hybridized carbons (Fsp3) is 0.929. The van der Waals surface area contributed by atoms with Gasteiger partial charge in [0.05, 0.1) is 6.61 Å². The third-order valence-corrected chi connectivity index (χ3v) is 3.60. The van der Waals surface area contributed by atoms with E-state index in [9.17, 15) is 4.79 Å². The third kappa shape index (κ3) is 5.53. The van der Waals surface area contributed by atoms with E-state index < -0.39 is 0 Å². The molecule has 2 atom stereocenters. The maximum absolute atomic E-state index is 11.8. The Balaban J connectivity index is 2.20. The molecule has 0 aromatic carbocycles. The van der Waals surface area contributed by atoms with E-state index in [1.54, 1.807) is 0 Å². The second kappa shape index (κ2) is 8.51. The molecule has 1 N–H and O–H groups in total. The molecule has 1 saturated heterocycles. The molecular weight excluding hydrogens is 214 g/mol. The lowest BCUT2D eigenvalue weighted by molar-refractivity contribution is -0.148. The maximum Gasteiger partial charge on any atom is 0.323 e. The van der Waals surface area contributed by atoms with Crippen LogP contribution in [0.15, 0.2) is 0 Å². The van der Waals surface area contributed by atoms with Crippen LogP contribution in [0.5, 0.6) is 0 Å². The number of ether oxygens (including phenoxy) is 1. The number of piperidine rings is 1. The number of nitrogens with one attached hydrogen (secondary N) is 1. The van der Waals surface area contributed by atoms with Crippen LogP contribution in [-0.2, 0) is 9.53 Å². The minimum Gasteiger partial charge on any atom is -0.464 e. The average molecular weight is 241 g/mol. The lowest BCUT2D eigenvalue weighted by atomic mass is 10.0. The summed E-state index contributed by atoms with van der Waals surface area (Å²) in [4.78, 5) is 11.8. The number of unbranched alkanes of at least 4 members (excludes halogenated alkanes) is 1. The van der Waals surface area contributed by atoms with Crippen molar-refractivity contribution in [3.05, 3.63) is 0 Å². The Labute approximate surface area is 105 Å². The first-order valence-electron chi connectivity index (χ1n) is 7.18. The standard InChI is InChI=1S/C14H27NO2/c1-3-5-8-12(4-2)11-17-14(16)13-9-6-7-10-15-13/h12-13,15H,3-11H2,1-2H3. The van der Waals surface area contributed by atoms with E-state index in [2.05, 4.69) is 19.2 Å². The van der Waals surface area contributed by atoms with Gasteiger partial charge in [0.1, 0.15) is 6.04 Å². The number of carbonyl (C=O) groups excluding carboxylic acids is 1. The Morgan fingerprint density at radius 2 is 2.24 bits per heavy atom. The van der Waals surface area contributed by atoms with Crippen LogP contribution >= 0.6 is 0 Å². The molecule has 0 radical (unpaired) electrons. The zero-order chi connectivity index (χ0) is 12.5. The molecule has 2 unspecified atom stereocenters. The predicted molar refractivity (Wildman–Crippen MR) is 69.9 cm³/mol. The van der Waals surface area contributed by atoms with Gasteiger partial charge in [0.2, 0.25) is 0 Å². The average Bonchev–Trinajstić information content (AvgIpc) is 2.39. The maximum atomic E-state index is 11.8. The zero-order valence-corrected chi connectivity index (χ0v) is 11.3. The summed E-state index contributed by atoms with van der Waals surface area (Å²) < 4.78 is 5.43. The molecule has 1 heterocycles. The first kappa shape index (κ1) is 14.5. The lowest BCUT2D eigenvalue weighted by Gasteiger charge is -2.23. The minimum atomic E-state index is -0.0487. The first-order chi connectivity index (χ1) is 8.27. The van der Waals surface area contributed by atoms with Crippen LogP contribution in [0.3, 0.4) is 0 Å². The van der Waals surface area contributed by atoms with Crippen molar-refractivity contribution < 1.29 is 9.53 Å². The van der Waals surface area contributed by atoms with Crippen molar-refractivity contribution >= 4 is 5.97 Å². The fourth-order valence-electron chi connectivity index (χ4n) is 2.25. The zero-order valence-electron chi connectivity index (χ0n) is 11.3. The molecule has 1 fully saturated rings. The van der Waals surface area contributed by atoms with Crippen molar-refractivity contribution in [2.24, 2.45) is 5.92 Å². The van der Waals surface area contributed by atoms with E-state index in [1.807, 2.05) is 0 Å². The number of rotatable bonds is 7. The van der Waals surface area contributed by atoms with E-state index >= 15 is 0 Å². The van der Waals surface area contributed by atoms with Crippen LogP contribution in [-0.4, -0.2) is 25.2 Å². The van der Waals surface area contributed by atoms with Crippen molar-refractivity contribution in [3.63, 3.8) is 0 Å². The number of hydrogen-bond donors (Lipinski definition) is 1. The summed E-state index contributed by atoms with van der Waals surface area (Å²) in [5.74, 6) is 0.502. The smallest absolute Gasteiger partial charge is 0.323 e. The van der Waals surface area contributed by atoms with Gasteiger partial charge in [-0.2, -0.15) is 0 Å². The van der Waals surface area contributed by atoms with Crippen LogP contribution in [0.4, 0.5) is 0 Å². The molecular formula is C14H27NO2. The van der Waals surface area contributed by atoms with Gasteiger partial charge in [0, 0.05) is 0 Å². The molecule has 0 amide bonds. The summed E-state index contributed by atoms with van der Waals surface area (Å²) >= 11 is 0. The van der Waals surface area contributed by atoms with E-state index in [4.69, 9.17) is 4.74 Å². The van der Waals surface area contributed by atoms with Crippen LogP contribution in [0, 0.1) is 5.92 Å². The van der Waals surface area contributed by atoms with E-state index in [-0.39, 0.29) is 12.0 Å². The molecule has 0 spiro atoms. The van der Waals surface area contributed by atoms with Gasteiger partial charge in [-0.05, 0) is 31.7 Å². The second-order valence-electron chi connectivity index (χ2n) is 5.05. The summed E-state index contributed by atoms with van der Waals surface area (Å²) in [5, 5.41) is 3.23. The Morgan fingerprint density at radius 1 is 1.41 bits per heavy atom. The summed E-state index contributed by atoms with van der Waals surface area (Å²) in [6.07, 6.45) is 7.98. The van der Waals surface area contributed by atoms with Crippen LogP contribution in [0.2, 0.25) is 0 Å². The Morgan fingerprint density at radius 3 is 2.82 bits per heavy atom. The molecule has 0 aromatic rings. The van der Waals surface area contributed by atoms with Crippen molar-refractivity contribution in [2.75, 3.05) is 13.2 Å². The molecule has 0 aliphatic carbocycles. The van der Waals surface area contributed by atoms with Crippen molar-refractivity contribution in [1.29, 1.82) is 0 Å². The van der Waals surface area contributed by atoms with Crippen LogP contribution < -0.4 is 5.32 Å². The summed E-state index contributed by atoms with van der Waals surface area (Å²) in [6.45, 7) is 5.93. The monoisotopic (exact) mass is 241 g/mol. The molecule has 3 nitrogen and oxygen atoms in total. The van der Waals surface area contributed by atoms with Crippen molar-refractivity contribution in [3.8, 4) is 0 Å². The molecule has 1 aliphatic heterocycles. The summed E-state index contributed by atoms with van der Waals surface area (Å²) in [7, 11) is 0. The molecule has 17 heavy (non-hydrogen) atoms. The quantitative estimate of drug-likeness (QED) is 0.697. The van der Waals surface area contributed by atoms with E-state index in [0.29, 0.717) is 12.5 Å². The molecule has 1 aliphatic rings. The first-order valence-corrected chi connectivity index (χ1v) is 7.18. The third-order valence-electron chi connectivity index (χ3n) is 3.60. The Kier molecular flexibility index (Phi) is 7.25. The predicted octanol–water partition coefficient (Wildman–Crippen LogP) is 2.89. The number of carbonyl (C=O) groups is 1. The number of esters is 1. The van der Waals surface area contributed by atoms with Gasteiger partial charge >= 0.3 is 5.97 Å². The fourth-order valence-corrected chi connectivity index (χ4v) is 2.25. The molecule has 3 heteroatoms. The molecule has 0 bridgehead atoms. The highest BCUT2D eigenvalue weighted by atomic mass is 16.5. The Hall–Kier alpha value is -0.570. The molecule has 100 valence electrons. The largest absolute Gasteiger partial charge is 0.464 e. The highest BCUT2D eigenvalue weighted by Crippen LogP contribution is 2.14. The molecule has 0 saturated carbocycles. The minimum absolute atomic E-state index is 0.0420. The van der Waals surface area contributed by atoms with Crippen LogP contribution in [0.1, 0.15) is 58.8 Å². The molecule has 1 rings (SSSR count). The topological polar surface area (TPSA) is 38.3 Å². The van der Waals surface area contributed by atoms with Gasteiger partial charge in [-0.15, -0.1) is 0 Å². The SMILES string of the molecule is CCCCC(CC)COC(=O)C1CCCCN1. The highest BCUT2D eigenvalue weighted by Gasteiger charge is 2.22. The van der Waals surface area contributed by atoms with Gasteiger partial charge in [-0.1, -0.05) is 39.5 Å². The summed E-state index contributed by atoms with van der Waals surface area (Å²) in [5.41, 5.74) is 0. The van der Waals surface area contributed by atoms with Crippen molar-refractivity contribution in [2.45, 2.75) is 64.8 Å². The van der Waals surface area contributed by atoms with Gasteiger partial charge in [0.15, 0.2) is 0 Å². The Bertz CT molecular complexity index is 212. The van der Waals surface area contributed by atoms with E-state index in [1.165, 1.54) is 25.7 Å². The number of hydrogen-bond acceptors (Lipinski definition) is 3. The van der Waals surface area contributed by atoms with Gasteiger partial charge in [-0.3, -0.25) is 4.79 Å². The highest BCUT2D eigenvalue weighted by molar-refractivity contribution is 5.75. The van der Waals surface area contributed by atoms with E-state index in [0.717, 1.165) is 25.8 Å². The molecule has 0 aromatic heterocycles. The van der Waals surface area contributed by atoms with Gasteiger partial charge in [-0.25, -0.2) is 0 Å².